The van der Waals surface area contributed by atoms with E-state index in [4.69, 9.17) is 11.6 Å². The van der Waals surface area contributed by atoms with Gasteiger partial charge in [-0.15, -0.1) is 11.3 Å². The minimum atomic E-state index is 0.130. The van der Waals surface area contributed by atoms with E-state index in [9.17, 15) is 9.90 Å². The minimum absolute atomic E-state index is 0.130. The smallest absolute Gasteiger partial charge is 0.173 e. The molecule has 0 unspecified atom stereocenters. The van der Waals surface area contributed by atoms with Gasteiger partial charge in [0.1, 0.15) is 5.75 Å². The van der Waals surface area contributed by atoms with E-state index in [1.165, 1.54) is 16.0 Å². The van der Waals surface area contributed by atoms with Crippen molar-refractivity contribution in [3.05, 3.63) is 49.2 Å². The Morgan fingerprint density at radius 1 is 1.36 bits per heavy atom. The average Bonchev–Trinajstić information content (AvgIpc) is 2.90. The monoisotopic (exact) mass is 374 g/mol. The Labute approximate surface area is 157 Å². The molecule has 1 saturated carbocycles. The number of halogens is 1. The lowest BCUT2D eigenvalue weighted by Crippen LogP contribution is -2.05. The Morgan fingerprint density at radius 2 is 2.08 bits per heavy atom. The average molecular weight is 375 g/mol. The van der Waals surface area contributed by atoms with Gasteiger partial charge in [0.2, 0.25) is 0 Å². The van der Waals surface area contributed by atoms with Gasteiger partial charge in [0.05, 0.1) is 9.90 Å². The topological polar surface area (TPSA) is 37.3 Å². The number of carbonyl (C=O) groups excluding carboxylic acids is 1. The number of Topliss-reactive ketones (excluding diaryl/α,β-unsaturated/α-hetero) is 1. The molecule has 0 spiro atoms. The lowest BCUT2D eigenvalue weighted by atomic mass is 9.94. The molecule has 0 radical (unpaired) electrons. The van der Waals surface area contributed by atoms with Crippen LogP contribution in [0.15, 0.2) is 12.1 Å². The van der Waals surface area contributed by atoms with Crippen molar-refractivity contribution in [2.24, 2.45) is 11.3 Å². The number of ketones is 1. The molecule has 2 aliphatic rings. The number of phenols is 1. The molecule has 1 aromatic heterocycles. The molecule has 25 heavy (non-hydrogen) atoms. The maximum Gasteiger partial charge on any atom is 0.173 e. The van der Waals surface area contributed by atoms with Crippen LogP contribution in [0.5, 0.6) is 5.75 Å². The highest BCUT2D eigenvalue weighted by Gasteiger charge is 2.63. The summed E-state index contributed by atoms with van der Waals surface area (Å²) in [6.07, 6.45) is 2.22. The first kappa shape index (κ1) is 17.1. The van der Waals surface area contributed by atoms with Gasteiger partial charge in [0.25, 0.3) is 0 Å². The molecule has 2 aliphatic carbocycles. The zero-order valence-corrected chi connectivity index (χ0v) is 16.6. The van der Waals surface area contributed by atoms with Crippen molar-refractivity contribution in [3.8, 4) is 5.75 Å². The summed E-state index contributed by atoms with van der Waals surface area (Å²) in [7, 11) is 0. The van der Waals surface area contributed by atoms with E-state index in [1.807, 2.05) is 13.0 Å². The lowest BCUT2D eigenvalue weighted by molar-refractivity contribution is 0.0986. The molecule has 1 aromatic carbocycles. The van der Waals surface area contributed by atoms with Crippen LogP contribution in [0.25, 0.3) is 0 Å². The van der Waals surface area contributed by atoms with Gasteiger partial charge in [0.15, 0.2) is 5.78 Å². The number of hydrogen-bond donors (Lipinski definition) is 1. The molecular formula is C21H23ClO2S. The molecule has 0 amide bonds. The minimum Gasteiger partial charge on any atom is -0.506 e. The van der Waals surface area contributed by atoms with Gasteiger partial charge in [-0.3, -0.25) is 4.79 Å². The Kier molecular flexibility index (Phi) is 3.82. The SMILES string of the molecule is Cc1cc(CCC(=O)c2sc(C)c3c2C[C@@H]2[C@H]3C2(C)C)cc(Cl)c1O. The molecular weight excluding hydrogens is 352 g/mol. The molecule has 0 bridgehead atoms. The van der Waals surface area contributed by atoms with Gasteiger partial charge in [-0.2, -0.15) is 0 Å². The van der Waals surface area contributed by atoms with Crippen molar-refractivity contribution in [2.45, 2.75) is 52.9 Å². The Morgan fingerprint density at radius 3 is 2.76 bits per heavy atom. The van der Waals surface area contributed by atoms with Crippen LogP contribution in [0.1, 0.15) is 63.0 Å². The van der Waals surface area contributed by atoms with Crippen LogP contribution in [0.2, 0.25) is 5.02 Å². The number of benzene rings is 1. The number of hydrogen-bond acceptors (Lipinski definition) is 3. The summed E-state index contributed by atoms with van der Waals surface area (Å²) in [5, 5.41) is 10.1. The van der Waals surface area contributed by atoms with E-state index in [0.29, 0.717) is 29.2 Å². The molecule has 2 nitrogen and oxygen atoms in total. The van der Waals surface area contributed by atoms with Gasteiger partial charge in [-0.25, -0.2) is 0 Å². The van der Waals surface area contributed by atoms with E-state index in [1.54, 1.807) is 17.4 Å². The summed E-state index contributed by atoms with van der Waals surface area (Å²) in [6, 6.07) is 3.68. The number of aromatic hydroxyl groups is 1. The predicted octanol–water partition coefficient (Wildman–Crippen LogP) is 5.84. The molecule has 132 valence electrons. The van der Waals surface area contributed by atoms with E-state index in [2.05, 4.69) is 20.8 Å². The van der Waals surface area contributed by atoms with E-state index >= 15 is 0 Å². The first-order valence-electron chi connectivity index (χ1n) is 8.85. The molecule has 1 fully saturated rings. The van der Waals surface area contributed by atoms with E-state index in [-0.39, 0.29) is 11.5 Å². The first-order chi connectivity index (χ1) is 11.7. The second-order valence-corrected chi connectivity index (χ2v) is 9.79. The van der Waals surface area contributed by atoms with Crippen LogP contribution >= 0.6 is 22.9 Å². The lowest BCUT2D eigenvalue weighted by Gasteiger charge is -2.10. The van der Waals surface area contributed by atoms with Gasteiger partial charge in [-0.05, 0) is 72.3 Å². The largest absolute Gasteiger partial charge is 0.506 e. The molecule has 4 rings (SSSR count). The summed E-state index contributed by atoms with van der Waals surface area (Å²) < 4.78 is 0. The van der Waals surface area contributed by atoms with Crippen molar-refractivity contribution < 1.29 is 9.90 Å². The molecule has 2 atom stereocenters. The summed E-state index contributed by atoms with van der Waals surface area (Å²) in [6.45, 7) is 8.69. The number of carbonyl (C=O) groups is 1. The predicted molar refractivity (Wildman–Crippen MR) is 103 cm³/mol. The zero-order valence-electron chi connectivity index (χ0n) is 15.1. The van der Waals surface area contributed by atoms with Crippen LogP contribution in [0.4, 0.5) is 0 Å². The molecule has 1 N–H and O–H groups in total. The maximum absolute atomic E-state index is 12.8. The highest BCUT2D eigenvalue weighted by molar-refractivity contribution is 7.14. The normalized spacial score (nSPS) is 22.6. The third-order valence-electron chi connectivity index (χ3n) is 6.23. The van der Waals surface area contributed by atoms with Crippen molar-refractivity contribution in [3.63, 3.8) is 0 Å². The fraction of sp³-hybridized carbons (Fsp3) is 0.476. The number of phenolic OH excluding ortho intramolecular Hbond substituents is 1. The van der Waals surface area contributed by atoms with E-state index < -0.39 is 0 Å². The summed E-state index contributed by atoms with van der Waals surface area (Å²) in [4.78, 5) is 15.2. The first-order valence-corrected chi connectivity index (χ1v) is 10.0. The Hall–Kier alpha value is -1.32. The van der Waals surface area contributed by atoms with Gasteiger partial charge in [-0.1, -0.05) is 31.5 Å². The molecule has 1 heterocycles. The zero-order chi connectivity index (χ0) is 18.1. The third kappa shape index (κ3) is 2.55. The second-order valence-electron chi connectivity index (χ2n) is 8.16. The van der Waals surface area contributed by atoms with E-state index in [0.717, 1.165) is 28.3 Å². The van der Waals surface area contributed by atoms with Crippen LogP contribution in [-0.2, 0) is 12.8 Å². The molecule has 2 aromatic rings. The van der Waals surface area contributed by atoms with Crippen LogP contribution in [-0.4, -0.2) is 10.9 Å². The third-order valence-corrected chi connectivity index (χ3v) is 7.72. The van der Waals surface area contributed by atoms with Gasteiger partial charge >= 0.3 is 0 Å². The highest BCUT2D eigenvalue weighted by Crippen LogP contribution is 2.71. The Bertz CT molecular complexity index is 871. The molecule has 4 heteroatoms. The van der Waals surface area contributed by atoms with Crippen molar-refractivity contribution in [2.75, 3.05) is 0 Å². The van der Waals surface area contributed by atoms with Crippen LogP contribution < -0.4 is 0 Å². The summed E-state index contributed by atoms with van der Waals surface area (Å²) >= 11 is 7.73. The fourth-order valence-corrected chi connectivity index (χ4v) is 6.17. The summed E-state index contributed by atoms with van der Waals surface area (Å²) in [5.74, 6) is 1.77. The highest BCUT2D eigenvalue weighted by atomic mass is 35.5. The fourth-order valence-electron chi connectivity index (χ4n) is 4.68. The standard InChI is InChI=1S/C21H23ClO2S/c1-10-7-12(8-15(22)19(10)24)5-6-16(23)20-13-9-14-18(21(14,3)4)17(13)11(2)25-20/h7-8,14,18,24H,5-6,9H2,1-4H3/t14-,18-/m1/s1. The molecule has 0 saturated heterocycles. The van der Waals surface area contributed by atoms with Crippen LogP contribution in [0, 0.1) is 25.2 Å². The van der Waals surface area contributed by atoms with Crippen molar-refractivity contribution >= 4 is 28.7 Å². The molecule has 0 aliphatic heterocycles. The number of aryl methyl sites for hydroxylation is 3. The van der Waals surface area contributed by atoms with Crippen molar-refractivity contribution in [1.82, 2.24) is 0 Å². The quantitative estimate of drug-likeness (QED) is 0.683. The maximum atomic E-state index is 12.8. The summed E-state index contributed by atoms with van der Waals surface area (Å²) in [5.41, 5.74) is 4.99. The number of fused-ring (bicyclic) bond motifs is 3. The van der Waals surface area contributed by atoms with Gasteiger partial charge < -0.3 is 5.11 Å². The number of thiophene rings is 1. The van der Waals surface area contributed by atoms with Crippen LogP contribution in [0.3, 0.4) is 0 Å². The van der Waals surface area contributed by atoms with Crippen molar-refractivity contribution in [1.29, 1.82) is 0 Å². The Balaban J connectivity index is 1.52. The van der Waals surface area contributed by atoms with Gasteiger partial charge in [0, 0.05) is 11.3 Å². The second kappa shape index (κ2) is 5.59. The number of rotatable bonds is 4.